The van der Waals surface area contributed by atoms with Gasteiger partial charge in [-0.15, -0.1) is 0 Å². The van der Waals surface area contributed by atoms with Crippen molar-refractivity contribution in [1.29, 1.82) is 0 Å². The van der Waals surface area contributed by atoms with Crippen molar-refractivity contribution in [3.63, 3.8) is 0 Å². The first-order valence-corrected chi connectivity index (χ1v) is 4.96. The van der Waals surface area contributed by atoms with Crippen LogP contribution in [0, 0.1) is 0 Å². The molecule has 60 valence electrons. The zero-order valence-corrected chi connectivity index (χ0v) is 7.46. The van der Waals surface area contributed by atoms with E-state index >= 15 is 0 Å². The molecule has 0 saturated heterocycles. The largest absolute Gasteiger partial charge is 0.355 e. The van der Waals surface area contributed by atoms with Crippen LogP contribution in [0.15, 0.2) is 0 Å². The Bertz CT molecular complexity index is 95.6. The molecule has 1 N–H and O–H groups in total. The molecule has 0 unspecified atom stereocenters. The molecule has 0 aromatic rings. The summed E-state index contributed by atoms with van der Waals surface area (Å²) in [6, 6.07) is 0. The van der Waals surface area contributed by atoms with Gasteiger partial charge in [0.1, 0.15) is 0 Å². The summed E-state index contributed by atoms with van der Waals surface area (Å²) in [4.78, 5) is 10.8. The van der Waals surface area contributed by atoms with Crippen molar-refractivity contribution in [1.82, 2.24) is 5.32 Å². The molecule has 0 aliphatic rings. The van der Waals surface area contributed by atoms with E-state index in [9.17, 15) is 4.79 Å². The highest BCUT2D eigenvalue weighted by molar-refractivity contribution is 7.98. The Labute approximate surface area is 66.8 Å². The van der Waals surface area contributed by atoms with E-state index in [-0.39, 0.29) is 5.91 Å². The highest BCUT2D eigenvalue weighted by atomic mass is 32.2. The standard InChI is InChI=1S/C7H15NOS/c1-3-4-7(9)8-5-6-10-2/h3-6H2,1-2H3,(H,8,9). The molecular formula is C7H15NOS. The normalized spacial score (nSPS) is 9.40. The number of carbonyl (C=O) groups is 1. The number of hydrogen-bond acceptors (Lipinski definition) is 2. The Kier molecular flexibility index (Phi) is 6.81. The first-order chi connectivity index (χ1) is 4.81. The van der Waals surface area contributed by atoms with Crippen LogP contribution in [0.25, 0.3) is 0 Å². The lowest BCUT2D eigenvalue weighted by molar-refractivity contribution is -0.120. The average Bonchev–Trinajstić information content (AvgIpc) is 1.89. The van der Waals surface area contributed by atoms with E-state index in [4.69, 9.17) is 0 Å². The summed E-state index contributed by atoms with van der Waals surface area (Å²) >= 11 is 1.75. The van der Waals surface area contributed by atoms with Crippen LogP contribution in [0.3, 0.4) is 0 Å². The monoisotopic (exact) mass is 161 g/mol. The van der Waals surface area contributed by atoms with Gasteiger partial charge in [0.15, 0.2) is 0 Å². The first kappa shape index (κ1) is 9.82. The third-order valence-corrected chi connectivity index (χ3v) is 1.72. The SMILES string of the molecule is CCCC(=O)NCCSC. The fourth-order valence-electron chi connectivity index (χ4n) is 0.608. The molecule has 0 spiro atoms. The molecule has 0 saturated carbocycles. The van der Waals surface area contributed by atoms with Crippen molar-refractivity contribution < 1.29 is 4.79 Å². The Morgan fingerprint density at radius 2 is 2.30 bits per heavy atom. The van der Waals surface area contributed by atoms with Gasteiger partial charge in [0.05, 0.1) is 0 Å². The number of thioether (sulfide) groups is 1. The van der Waals surface area contributed by atoms with Crippen LogP contribution in [-0.2, 0) is 4.79 Å². The van der Waals surface area contributed by atoms with Gasteiger partial charge in [0.2, 0.25) is 5.91 Å². The van der Waals surface area contributed by atoms with E-state index in [0.29, 0.717) is 6.42 Å². The third kappa shape index (κ3) is 5.95. The van der Waals surface area contributed by atoms with Crippen LogP contribution in [0.4, 0.5) is 0 Å². The lowest BCUT2D eigenvalue weighted by Crippen LogP contribution is -2.24. The molecule has 0 radical (unpaired) electrons. The fraction of sp³-hybridized carbons (Fsp3) is 0.857. The summed E-state index contributed by atoms with van der Waals surface area (Å²) in [7, 11) is 0. The molecule has 0 heterocycles. The van der Waals surface area contributed by atoms with Gasteiger partial charge in [0, 0.05) is 18.7 Å². The Balaban J connectivity index is 3.05. The molecule has 0 aromatic carbocycles. The molecule has 0 rings (SSSR count). The Hall–Kier alpha value is -0.180. The summed E-state index contributed by atoms with van der Waals surface area (Å²) in [5, 5.41) is 2.82. The summed E-state index contributed by atoms with van der Waals surface area (Å²) in [5.41, 5.74) is 0. The maximum Gasteiger partial charge on any atom is 0.220 e. The zero-order valence-electron chi connectivity index (χ0n) is 6.64. The molecule has 10 heavy (non-hydrogen) atoms. The first-order valence-electron chi connectivity index (χ1n) is 3.57. The van der Waals surface area contributed by atoms with E-state index in [1.54, 1.807) is 11.8 Å². The van der Waals surface area contributed by atoms with Crippen molar-refractivity contribution in [3.8, 4) is 0 Å². The molecule has 2 nitrogen and oxygen atoms in total. The van der Waals surface area contributed by atoms with Crippen molar-refractivity contribution in [2.24, 2.45) is 0 Å². The van der Waals surface area contributed by atoms with Gasteiger partial charge in [0.25, 0.3) is 0 Å². The van der Waals surface area contributed by atoms with E-state index in [1.807, 2.05) is 13.2 Å². The number of hydrogen-bond donors (Lipinski definition) is 1. The zero-order chi connectivity index (χ0) is 7.82. The number of amides is 1. The summed E-state index contributed by atoms with van der Waals surface area (Å²) in [6.45, 7) is 2.81. The summed E-state index contributed by atoms with van der Waals surface area (Å²) in [5.74, 6) is 1.19. The highest BCUT2D eigenvalue weighted by Gasteiger charge is 1.95. The molecule has 0 fully saturated rings. The topological polar surface area (TPSA) is 29.1 Å². The maximum atomic E-state index is 10.8. The minimum absolute atomic E-state index is 0.177. The van der Waals surface area contributed by atoms with Crippen molar-refractivity contribution >= 4 is 17.7 Å². The second-order valence-corrected chi connectivity index (χ2v) is 3.08. The number of carbonyl (C=O) groups excluding carboxylic acids is 1. The van der Waals surface area contributed by atoms with Gasteiger partial charge in [-0.1, -0.05) is 6.92 Å². The maximum absolute atomic E-state index is 10.8. The molecule has 3 heteroatoms. The lowest BCUT2D eigenvalue weighted by atomic mass is 10.3. The third-order valence-electron chi connectivity index (χ3n) is 1.11. The quantitative estimate of drug-likeness (QED) is 0.615. The van der Waals surface area contributed by atoms with Crippen molar-refractivity contribution in [2.75, 3.05) is 18.6 Å². The highest BCUT2D eigenvalue weighted by Crippen LogP contribution is 1.89. The Morgan fingerprint density at radius 3 is 2.80 bits per heavy atom. The number of nitrogens with one attached hydrogen (secondary N) is 1. The molecule has 1 amide bonds. The van der Waals surface area contributed by atoms with Gasteiger partial charge in [-0.05, 0) is 12.7 Å². The molecule has 0 bridgehead atoms. The average molecular weight is 161 g/mol. The molecule has 0 atom stereocenters. The Morgan fingerprint density at radius 1 is 1.60 bits per heavy atom. The van der Waals surface area contributed by atoms with Crippen LogP contribution < -0.4 is 5.32 Å². The second-order valence-electron chi connectivity index (χ2n) is 2.09. The van der Waals surface area contributed by atoms with E-state index in [0.717, 1.165) is 18.7 Å². The van der Waals surface area contributed by atoms with Crippen LogP contribution >= 0.6 is 11.8 Å². The van der Waals surface area contributed by atoms with E-state index in [2.05, 4.69) is 5.32 Å². The lowest BCUT2D eigenvalue weighted by Gasteiger charge is -2.00. The van der Waals surface area contributed by atoms with Crippen LogP contribution in [0.2, 0.25) is 0 Å². The minimum atomic E-state index is 0.177. The van der Waals surface area contributed by atoms with E-state index in [1.165, 1.54) is 0 Å². The fourth-order valence-corrected chi connectivity index (χ4v) is 0.914. The van der Waals surface area contributed by atoms with Crippen LogP contribution in [-0.4, -0.2) is 24.5 Å². The summed E-state index contributed by atoms with van der Waals surface area (Å²) in [6.07, 6.45) is 3.63. The van der Waals surface area contributed by atoms with Gasteiger partial charge in [-0.25, -0.2) is 0 Å². The predicted octanol–water partition coefficient (Wildman–Crippen LogP) is 1.27. The van der Waals surface area contributed by atoms with Gasteiger partial charge < -0.3 is 5.32 Å². The number of rotatable bonds is 5. The minimum Gasteiger partial charge on any atom is -0.355 e. The second kappa shape index (κ2) is 6.93. The van der Waals surface area contributed by atoms with Crippen LogP contribution in [0.5, 0.6) is 0 Å². The smallest absolute Gasteiger partial charge is 0.220 e. The van der Waals surface area contributed by atoms with Gasteiger partial charge in [-0.3, -0.25) is 4.79 Å². The van der Waals surface area contributed by atoms with Crippen molar-refractivity contribution in [2.45, 2.75) is 19.8 Å². The van der Waals surface area contributed by atoms with E-state index < -0.39 is 0 Å². The molecule has 0 aliphatic carbocycles. The molecule has 0 aromatic heterocycles. The molecule has 0 aliphatic heterocycles. The summed E-state index contributed by atoms with van der Waals surface area (Å²) < 4.78 is 0. The van der Waals surface area contributed by atoms with Crippen molar-refractivity contribution in [3.05, 3.63) is 0 Å². The molecular weight excluding hydrogens is 146 g/mol. The predicted molar refractivity (Wildman–Crippen MR) is 46.3 cm³/mol. The van der Waals surface area contributed by atoms with Gasteiger partial charge in [-0.2, -0.15) is 11.8 Å². The van der Waals surface area contributed by atoms with Gasteiger partial charge >= 0.3 is 0 Å². The van der Waals surface area contributed by atoms with Crippen LogP contribution in [0.1, 0.15) is 19.8 Å².